The zero-order valence-electron chi connectivity index (χ0n) is 5.52. The summed E-state index contributed by atoms with van der Waals surface area (Å²) in [5.41, 5.74) is 2.05. The molecule has 3 rings (SSSR count). The van der Waals surface area contributed by atoms with E-state index in [1.807, 2.05) is 18.2 Å². The molecular weight excluding hydrogens is 140 g/mol. The van der Waals surface area contributed by atoms with Gasteiger partial charge in [-0.1, -0.05) is 12.1 Å². The van der Waals surface area contributed by atoms with Crippen molar-refractivity contribution < 1.29 is 0 Å². The van der Waals surface area contributed by atoms with Crippen LogP contribution in [0.25, 0.3) is 17.1 Å². The van der Waals surface area contributed by atoms with E-state index in [-0.39, 0.29) is 0 Å². The van der Waals surface area contributed by atoms with E-state index in [0.29, 0.717) is 0 Å². The number of para-hydroxylation sites is 1. The molecule has 0 aliphatic carbocycles. The first-order valence-electron chi connectivity index (χ1n) is 3.26. The predicted octanol–water partition coefficient (Wildman–Crippen LogP) is 0.443. The van der Waals surface area contributed by atoms with Crippen LogP contribution >= 0.6 is 0 Å². The summed E-state index contributed by atoms with van der Waals surface area (Å²) >= 11 is 0. The number of aromatic nitrogens is 4. The van der Waals surface area contributed by atoms with Gasteiger partial charge in [0, 0.05) is 11.6 Å². The van der Waals surface area contributed by atoms with Gasteiger partial charge < -0.3 is 0 Å². The fourth-order valence-corrected chi connectivity index (χ4v) is 1.24. The second kappa shape index (κ2) is 1.47. The van der Waals surface area contributed by atoms with Crippen molar-refractivity contribution in [2.45, 2.75) is 0 Å². The molecule has 1 radical (unpaired) electrons. The Hall–Kier alpha value is -1.71. The van der Waals surface area contributed by atoms with Crippen molar-refractivity contribution in [2.75, 3.05) is 0 Å². The standard InChI is InChI=1S/C7H3N4/c1-2-4-6-5(3-1)7-8-9-10-11(6)7/h1-3H. The Bertz CT molecular complexity index is 380. The van der Waals surface area contributed by atoms with E-state index in [4.69, 9.17) is 0 Å². The van der Waals surface area contributed by atoms with Crippen molar-refractivity contribution in [2.24, 2.45) is 0 Å². The number of fused-ring (bicyclic) bond motifs is 4. The van der Waals surface area contributed by atoms with Crippen LogP contribution in [0.2, 0.25) is 0 Å². The molecule has 11 heavy (non-hydrogen) atoms. The van der Waals surface area contributed by atoms with E-state index < -0.39 is 0 Å². The molecule has 51 valence electrons. The van der Waals surface area contributed by atoms with Gasteiger partial charge in [-0.3, -0.25) is 0 Å². The topological polar surface area (TPSA) is 43.6 Å². The summed E-state index contributed by atoms with van der Waals surface area (Å²) in [5, 5.41) is 11.1. The van der Waals surface area contributed by atoms with E-state index in [9.17, 15) is 0 Å². The Morgan fingerprint density at radius 1 is 1.45 bits per heavy atom. The zero-order chi connectivity index (χ0) is 7.26. The summed E-state index contributed by atoms with van der Waals surface area (Å²) in [4.78, 5) is 0. The second-order valence-corrected chi connectivity index (χ2v) is 2.35. The van der Waals surface area contributed by atoms with Crippen LogP contribution in [0, 0.1) is 6.07 Å². The average Bonchev–Trinajstić information content (AvgIpc) is 2.44. The van der Waals surface area contributed by atoms with Crippen LogP contribution in [0.4, 0.5) is 0 Å². The lowest BCUT2D eigenvalue weighted by Gasteiger charge is -2.16. The average molecular weight is 143 g/mol. The summed E-state index contributed by atoms with van der Waals surface area (Å²) < 4.78 is 1.68. The highest BCUT2D eigenvalue weighted by atomic mass is 15.6. The van der Waals surface area contributed by atoms with Crippen LogP contribution in [-0.4, -0.2) is 20.2 Å². The maximum absolute atomic E-state index is 3.83. The first kappa shape index (κ1) is 5.01. The lowest BCUT2D eigenvalue weighted by molar-refractivity contribution is 0.776. The van der Waals surface area contributed by atoms with Gasteiger partial charge in [-0.2, -0.15) is 4.68 Å². The molecule has 0 saturated heterocycles. The number of tetrazole rings is 1. The van der Waals surface area contributed by atoms with Gasteiger partial charge in [0.15, 0.2) is 5.82 Å². The Morgan fingerprint density at radius 2 is 2.45 bits per heavy atom. The predicted molar refractivity (Wildman–Crippen MR) is 37.0 cm³/mol. The van der Waals surface area contributed by atoms with Crippen LogP contribution in [0.3, 0.4) is 0 Å². The molecule has 0 unspecified atom stereocenters. The number of nitrogens with zero attached hydrogens (tertiary/aromatic N) is 4. The molecule has 0 fully saturated rings. The van der Waals surface area contributed by atoms with Gasteiger partial charge in [0.25, 0.3) is 0 Å². The quantitative estimate of drug-likeness (QED) is 0.458. The first-order chi connectivity index (χ1) is 5.47. The first-order valence-corrected chi connectivity index (χ1v) is 3.26. The molecule has 0 saturated carbocycles. The molecule has 0 amide bonds. The molecular formula is C7H3N4. The largest absolute Gasteiger partial charge is 0.191 e. The molecule has 4 heteroatoms. The molecule has 0 bridgehead atoms. The van der Waals surface area contributed by atoms with Gasteiger partial charge in [0.1, 0.15) is 0 Å². The molecule has 1 aliphatic rings. The van der Waals surface area contributed by atoms with Crippen molar-refractivity contribution in [3.05, 3.63) is 24.3 Å². The number of benzene rings is 1. The number of rotatable bonds is 0. The van der Waals surface area contributed by atoms with Crippen molar-refractivity contribution >= 4 is 0 Å². The molecule has 1 aromatic carbocycles. The lowest BCUT2D eigenvalue weighted by Crippen LogP contribution is -2.11. The SMILES string of the molecule is [c]1cccc2c1-n1nnnc1-2. The van der Waals surface area contributed by atoms with Crippen LogP contribution in [0.5, 0.6) is 0 Å². The van der Waals surface area contributed by atoms with E-state index in [2.05, 4.69) is 21.6 Å². The summed E-state index contributed by atoms with van der Waals surface area (Å²) in [6.07, 6.45) is 0. The number of hydrogen-bond donors (Lipinski definition) is 0. The Kier molecular flexibility index (Phi) is 0.671. The molecule has 0 N–H and O–H groups in total. The van der Waals surface area contributed by atoms with Crippen molar-refractivity contribution in [3.8, 4) is 17.1 Å². The molecule has 1 aromatic heterocycles. The van der Waals surface area contributed by atoms with E-state index in [0.717, 1.165) is 17.1 Å². The minimum absolute atomic E-state index is 0.830. The van der Waals surface area contributed by atoms with Crippen LogP contribution in [-0.2, 0) is 0 Å². The third-order valence-electron chi connectivity index (χ3n) is 1.76. The Morgan fingerprint density at radius 3 is 3.45 bits per heavy atom. The fourth-order valence-electron chi connectivity index (χ4n) is 1.24. The smallest absolute Gasteiger partial charge is 0.189 e. The van der Waals surface area contributed by atoms with E-state index in [1.165, 1.54) is 0 Å². The van der Waals surface area contributed by atoms with Crippen molar-refractivity contribution in [1.82, 2.24) is 20.2 Å². The van der Waals surface area contributed by atoms with Gasteiger partial charge in [-0.05, 0) is 16.5 Å². The van der Waals surface area contributed by atoms with Crippen molar-refractivity contribution in [1.29, 1.82) is 0 Å². The van der Waals surface area contributed by atoms with Gasteiger partial charge in [0.2, 0.25) is 0 Å². The van der Waals surface area contributed by atoms with Crippen molar-refractivity contribution in [3.63, 3.8) is 0 Å². The Labute approximate surface area is 62.5 Å². The zero-order valence-corrected chi connectivity index (χ0v) is 5.52. The second-order valence-electron chi connectivity index (χ2n) is 2.35. The highest BCUT2D eigenvalue weighted by molar-refractivity contribution is 5.76. The van der Waals surface area contributed by atoms with Gasteiger partial charge in [0.05, 0.1) is 5.69 Å². The lowest BCUT2D eigenvalue weighted by atomic mass is 10.1. The molecule has 4 nitrogen and oxygen atoms in total. The van der Waals surface area contributed by atoms with Crippen LogP contribution < -0.4 is 0 Å². The molecule has 0 spiro atoms. The summed E-state index contributed by atoms with van der Waals surface area (Å²) in [7, 11) is 0. The normalized spacial score (nSPS) is 11.6. The maximum Gasteiger partial charge on any atom is 0.189 e. The minimum atomic E-state index is 0.830. The number of hydrogen-bond acceptors (Lipinski definition) is 3. The molecule has 1 aliphatic heterocycles. The third-order valence-corrected chi connectivity index (χ3v) is 1.76. The Balaban J connectivity index is 2.38. The molecule has 2 aromatic rings. The summed E-state index contributed by atoms with van der Waals surface area (Å²) in [6, 6.07) is 8.81. The fraction of sp³-hybridized carbons (Fsp3) is 0. The third kappa shape index (κ3) is 0.440. The van der Waals surface area contributed by atoms with Gasteiger partial charge in [-0.25, -0.2) is 0 Å². The summed E-state index contributed by atoms with van der Waals surface area (Å²) in [5.74, 6) is 0.830. The van der Waals surface area contributed by atoms with E-state index >= 15 is 0 Å². The highest BCUT2D eigenvalue weighted by Crippen LogP contribution is 2.33. The molecule has 2 heterocycles. The molecule has 0 atom stereocenters. The van der Waals surface area contributed by atoms with Gasteiger partial charge in [-0.15, -0.1) is 5.10 Å². The van der Waals surface area contributed by atoms with E-state index in [1.54, 1.807) is 4.68 Å². The van der Waals surface area contributed by atoms with Crippen LogP contribution in [0.15, 0.2) is 18.2 Å². The monoisotopic (exact) mass is 143 g/mol. The minimum Gasteiger partial charge on any atom is -0.191 e. The van der Waals surface area contributed by atoms with Crippen LogP contribution in [0.1, 0.15) is 0 Å². The van der Waals surface area contributed by atoms with Gasteiger partial charge >= 0.3 is 0 Å². The maximum atomic E-state index is 3.83. The summed E-state index contributed by atoms with van der Waals surface area (Å²) in [6.45, 7) is 0. The highest BCUT2D eigenvalue weighted by Gasteiger charge is 2.24.